The van der Waals surface area contributed by atoms with E-state index in [2.05, 4.69) is 22.1 Å². The molecule has 0 aliphatic heterocycles. The van der Waals surface area contributed by atoms with Gasteiger partial charge >= 0.3 is 11.9 Å². The maximum absolute atomic E-state index is 13.7. The molecular formula is C48H46F2N4O4. The number of carboxylic acids is 1. The lowest BCUT2D eigenvalue weighted by Gasteiger charge is -2.22. The molecule has 2 aromatic carbocycles. The lowest BCUT2D eigenvalue weighted by Crippen LogP contribution is -2.16. The summed E-state index contributed by atoms with van der Waals surface area (Å²) in [4.78, 5) is 44.4. The second-order valence-corrected chi connectivity index (χ2v) is 15.2. The molecule has 58 heavy (non-hydrogen) atoms. The summed E-state index contributed by atoms with van der Waals surface area (Å²) in [5, 5.41) is 10.0. The molecule has 296 valence electrons. The van der Waals surface area contributed by atoms with Crippen molar-refractivity contribution in [2.75, 3.05) is 6.61 Å². The molecular weight excluding hydrogens is 735 g/mol. The first-order chi connectivity index (χ1) is 28.0. The summed E-state index contributed by atoms with van der Waals surface area (Å²) >= 11 is 0. The predicted octanol–water partition coefficient (Wildman–Crippen LogP) is 11.0. The van der Waals surface area contributed by atoms with Crippen LogP contribution in [0, 0.1) is 11.6 Å². The van der Waals surface area contributed by atoms with Gasteiger partial charge in [-0.1, -0.05) is 64.1 Å². The van der Waals surface area contributed by atoms with Crippen LogP contribution >= 0.6 is 0 Å². The molecule has 0 bridgehead atoms. The number of aromatic carboxylic acids is 1. The van der Waals surface area contributed by atoms with Gasteiger partial charge in [-0.05, 0) is 127 Å². The summed E-state index contributed by atoms with van der Waals surface area (Å²) in [5.74, 6) is -2.13. The number of carbonyl (C=O) groups is 2. The second-order valence-electron chi connectivity index (χ2n) is 15.2. The minimum atomic E-state index is -1.01. The summed E-state index contributed by atoms with van der Waals surface area (Å²) in [6.07, 6.45) is 8.54. The van der Waals surface area contributed by atoms with Crippen molar-refractivity contribution in [3.8, 4) is 45.0 Å². The van der Waals surface area contributed by atoms with Crippen LogP contribution in [-0.2, 0) is 30.4 Å². The number of aryl methyl sites for hydroxylation is 2. The van der Waals surface area contributed by atoms with E-state index < -0.39 is 5.97 Å². The summed E-state index contributed by atoms with van der Waals surface area (Å²) in [5.41, 5.74) is 12.2. The number of halogens is 2. The Morgan fingerprint density at radius 2 is 1.07 bits per heavy atom. The Bertz CT molecular complexity index is 2500. The van der Waals surface area contributed by atoms with E-state index in [4.69, 9.17) is 14.7 Å². The summed E-state index contributed by atoms with van der Waals surface area (Å²) in [6, 6.07) is 20.3. The standard InChI is InChI=1S/C25H25FN2O2.C23H21FN2O2/c1-4-30-25(29)21-20(16-10-12-18(26)13-11-16)19-9-5-7-17-8-6-14-27-23(17)24(19)28-22(21)15(2)3;1-13(2)20-19(23(27)28)18(14-8-10-16(24)11-9-14)17-7-3-5-15-6-4-12-25-21(15)22(17)26-20/h6,8,10-15H,4-5,7,9H2,1-3H3;4,6,8-13H,3,5,7H2,1-2H3,(H,27,28). The number of hydrogen-bond donors (Lipinski definition) is 1. The number of fused-ring (bicyclic) bond motifs is 6. The smallest absolute Gasteiger partial charge is 0.340 e. The van der Waals surface area contributed by atoms with Gasteiger partial charge < -0.3 is 9.84 Å². The molecule has 0 atom stereocenters. The van der Waals surface area contributed by atoms with Gasteiger partial charge in [0, 0.05) is 23.5 Å². The monoisotopic (exact) mass is 780 g/mol. The first-order valence-corrected chi connectivity index (χ1v) is 19.9. The van der Waals surface area contributed by atoms with E-state index in [-0.39, 0.29) is 41.6 Å². The van der Waals surface area contributed by atoms with E-state index in [1.54, 1.807) is 43.6 Å². The maximum atomic E-state index is 13.7. The SMILES string of the molecule is CC(C)c1nc2c(c(-c3ccc(F)cc3)c1C(=O)O)CCCc1cccnc1-2.CCOC(=O)c1c(C(C)C)nc2c(c1-c1ccc(F)cc1)CCCc1cccnc1-2. The molecule has 0 fully saturated rings. The Kier molecular flexibility index (Phi) is 11.8. The zero-order valence-electron chi connectivity index (χ0n) is 33.4. The number of pyridine rings is 4. The van der Waals surface area contributed by atoms with Crippen LogP contribution in [0.5, 0.6) is 0 Å². The molecule has 6 aromatic rings. The summed E-state index contributed by atoms with van der Waals surface area (Å²) in [6.45, 7) is 9.98. The molecule has 0 saturated carbocycles. The molecule has 1 N–H and O–H groups in total. The average molecular weight is 781 g/mol. The van der Waals surface area contributed by atoms with Gasteiger partial charge in [0.25, 0.3) is 0 Å². The molecule has 0 amide bonds. The highest BCUT2D eigenvalue weighted by Crippen LogP contribution is 2.42. The van der Waals surface area contributed by atoms with E-state index in [0.717, 1.165) is 88.3 Å². The highest BCUT2D eigenvalue weighted by molar-refractivity contribution is 6.01. The molecule has 0 saturated heterocycles. The molecule has 0 unspecified atom stereocenters. The number of benzene rings is 2. The molecule has 8 rings (SSSR count). The van der Waals surface area contributed by atoms with Crippen molar-refractivity contribution in [1.82, 2.24) is 19.9 Å². The van der Waals surface area contributed by atoms with Gasteiger partial charge in [0.2, 0.25) is 0 Å². The van der Waals surface area contributed by atoms with Crippen LogP contribution in [-0.4, -0.2) is 43.6 Å². The van der Waals surface area contributed by atoms with Crippen LogP contribution < -0.4 is 0 Å². The average Bonchev–Trinajstić information content (AvgIpc) is 3.52. The van der Waals surface area contributed by atoms with Gasteiger partial charge in [0.15, 0.2) is 0 Å². The molecule has 2 aliphatic rings. The number of ether oxygens (including phenoxy) is 1. The quantitative estimate of drug-likeness (QED) is 0.159. The van der Waals surface area contributed by atoms with Crippen LogP contribution in [0.1, 0.15) is 114 Å². The highest BCUT2D eigenvalue weighted by Gasteiger charge is 2.31. The minimum absolute atomic E-state index is 0.00400. The van der Waals surface area contributed by atoms with Crippen molar-refractivity contribution in [3.63, 3.8) is 0 Å². The number of hydrogen-bond acceptors (Lipinski definition) is 7. The maximum Gasteiger partial charge on any atom is 0.340 e. The lowest BCUT2D eigenvalue weighted by atomic mass is 9.87. The Labute approximate surface area is 337 Å². The zero-order chi connectivity index (χ0) is 41.1. The number of rotatable bonds is 7. The van der Waals surface area contributed by atoms with Crippen molar-refractivity contribution in [3.05, 3.63) is 142 Å². The van der Waals surface area contributed by atoms with E-state index >= 15 is 0 Å². The Hall–Kier alpha value is -6.16. The lowest BCUT2D eigenvalue weighted by molar-refractivity contribution is 0.0524. The molecule has 0 spiro atoms. The first kappa shape index (κ1) is 40.1. The van der Waals surface area contributed by atoms with Crippen molar-refractivity contribution in [1.29, 1.82) is 0 Å². The first-order valence-electron chi connectivity index (χ1n) is 19.9. The number of nitrogens with zero attached hydrogens (tertiary/aromatic N) is 4. The molecule has 0 radical (unpaired) electrons. The summed E-state index contributed by atoms with van der Waals surface area (Å²) in [7, 11) is 0. The molecule has 10 heteroatoms. The van der Waals surface area contributed by atoms with Crippen molar-refractivity contribution in [2.45, 2.75) is 85.0 Å². The van der Waals surface area contributed by atoms with Crippen LogP contribution in [0.15, 0.2) is 85.2 Å². The minimum Gasteiger partial charge on any atom is -0.478 e. The Morgan fingerprint density at radius 1 is 0.638 bits per heavy atom. The van der Waals surface area contributed by atoms with Gasteiger partial charge in [-0.3, -0.25) is 9.97 Å². The number of esters is 1. The Balaban J connectivity index is 0.000000177. The molecule has 4 aromatic heterocycles. The molecule has 4 heterocycles. The number of carbonyl (C=O) groups excluding carboxylic acids is 1. The van der Waals surface area contributed by atoms with Crippen molar-refractivity contribution in [2.24, 2.45) is 0 Å². The van der Waals surface area contributed by atoms with Crippen LogP contribution in [0.25, 0.3) is 45.0 Å². The predicted molar refractivity (Wildman–Crippen MR) is 221 cm³/mol. The molecule has 8 nitrogen and oxygen atoms in total. The van der Waals surface area contributed by atoms with Crippen molar-refractivity contribution < 1.29 is 28.2 Å². The van der Waals surface area contributed by atoms with Crippen molar-refractivity contribution >= 4 is 11.9 Å². The number of aromatic nitrogens is 4. The fraction of sp³-hybridized carbons (Fsp3) is 0.292. The van der Waals surface area contributed by atoms with Crippen LogP contribution in [0.2, 0.25) is 0 Å². The zero-order valence-corrected chi connectivity index (χ0v) is 33.4. The van der Waals surface area contributed by atoms with Gasteiger partial charge in [-0.2, -0.15) is 0 Å². The third-order valence-corrected chi connectivity index (χ3v) is 10.7. The third-order valence-electron chi connectivity index (χ3n) is 10.7. The third kappa shape index (κ3) is 7.88. The fourth-order valence-electron chi connectivity index (χ4n) is 8.11. The summed E-state index contributed by atoms with van der Waals surface area (Å²) < 4.78 is 32.6. The van der Waals surface area contributed by atoms with Crippen LogP contribution in [0.3, 0.4) is 0 Å². The van der Waals surface area contributed by atoms with E-state index in [0.29, 0.717) is 34.5 Å². The van der Waals surface area contributed by atoms with E-state index in [9.17, 15) is 23.5 Å². The number of carboxylic acid groups (broad SMARTS) is 1. The topological polar surface area (TPSA) is 115 Å². The van der Waals surface area contributed by atoms with Gasteiger partial charge in [-0.25, -0.2) is 28.3 Å². The fourth-order valence-corrected chi connectivity index (χ4v) is 8.11. The van der Waals surface area contributed by atoms with Gasteiger partial charge in [-0.15, -0.1) is 0 Å². The largest absolute Gasteiger partial charge is 0.478 e. The van der Waals surface area contributed by atoms with Gasteiger partial charge in [0.1, 0.15) is 11.6 Å². The van der Waals surface area contributed by atoms with Gasteiger partial charge in [0.05, 0.1) is 51.9 Å². The highest BCUT2D eigenvalue weighted by atomic mass is 19.1. The normalized spacial score (nSPS) is 12.9. The molecule has 2 aliphatic carbocycles. The van der Waals surface area contributed by atoms with E-state index in [1.807, 2.05) is 39.8 Å². The van der Waals surface area contributed by atoms with E-state index in [1.165, 1.54) is 24.3 Å². The van der Waals surface area contributed by atoms with Crippen LogP contribution in [0.4, 0.5) is 8.78 Å². The Morgan fingerprint density at radius 3 is 1.48 bits per heavy atom. The second kappa shape index (κ2) is 17.1.